The van der Waals surface area contributed by atoms with Crippen LogP contribution in [-0.4, -0.2) is 6.10 Å². The molecule has 1 aliphatic rings. The van der Waals surface area contributed by atoms with E-state index in [1.165, 1.54) is 38.3 Å². The number of alkyl halides is 2. The lowest BCUT2D eigenvalue weighted by Crippen LogP contribution is -2.22. The highest BCUT2D eigenvalue weighted by molar-refractivity contribution is 5.64. The van der Waals surface area contributed by atoms with E-state index in [2.05, 4.69) is 11.7 Å². The molecule has 0 aliphatic carbocycles. The van der Waals surface area contributed by atoms with Crippen molar-refractivity contribution in [1.82, 2.24) is 0 Å². The van der Waals surface area contributed by atoms with Crippen molar-refractivity contribution in [2.45, 2.75) is 70.7 Å². The van der Waals surface area contributed by atoms with E-state index in [0.717, 1.165) is 48.1 Å². The fourth-order valence-electron chi connectivity index (χ4n) is 4.42. The first kappa shape index (κ1) is 25.2. The highest BCUT2D eigenvalue weighted by Gasteiger charge is 2.35. The lowest BCUT2D eigenvalue weighted by molar-refractivity contribution is -0.185. The fourth-order valence-corrected chi connectivity index (χ4v) is 4.42. The van der Waals surface area contributed by atoms with Gasteiger partial charge in [0.05, 0.1) is 17.8 Å². The van der Waals surface area contributed by atoms with Gasteiger partial charge < -0.3 is 9.47 Å². The molecule has 0 saturated carbocycles. The molecule has 0 N–H and O–H groups in total. The van der Waals surface area contributed by atoms with E-state index in [0.29, 0.717) is 6.10 Å². The first-order valence-corrected chi connectivity index (χ1v) is 12.2. The van der Waals surface area contributed by atoms with Crippen molar-refractivity contribution in [2.24, 2.45) is 0 Å². The molecule has 0 aromatic heterocycles. The Labute approximate surface area is 203 Å². The fraction of sp³-hybridized carbons (Fsp3) is 0.379. The van der Waals surface area contributed by atoms with Gasteiger partial charge >= 0.3 is 6.11 Å². The number of benzene rings is 3. The van der Waals surface area contributed by atoms with E-state index in [-0.39, 0.29) is 11.7 Å². The molecular weight excluding hydrogens is 456 g/mol. The second-order valence-electron chi connectivity index (χ2n) is 9.15. The van der Waals surface area contributed by atoms with Crippen molar-refractivity contribution in [3.8, 4) is 16.9 Å². The maximum atomic E-state index is 14.6. The van der Waals surface area contributed by atoms with Crippen LogP contribution in [0.15, 0.2) is 60.7 Å². The number of rotatable bonds is 9. The topological polar surface area (TPSA) is 18.5 Å². The summed E-state index contributed by atoms with van der Waals surface area (Å²) in [6, 6.07) is 15.2. The van der Waals surface area contributed by atoms with Crippen LogP contribution in [0.4, 0.5) is 17.6 Å². The van der Waals surface area contributed by atoms with Gasteiger partial charge in [-0.2, -0.15) is 8.78 Å². The van der Waals surface area contributed by atoms with Gasteiger partial charge in [0, 0.05) is 17.7 Å². The van der Waals surface area contributed by atoms with E-state index in [1.54, 1.807) is 12.1 Å². The van der Waals surface area contributed by atoms with Crippen LogP contribution in [-0.2, 0) is 10.8 Å². The SMILES string of the molecule is CCCCCC1CCC(c2ccc(-c3ccc(C(F)(F)Oc4cc(F)c(C)c(F)c4)cc3)cc2)O1. The minimum absolute atomic E-state index is 0.102. The quantitative estimate of drug-likeness (QED) is 0.222. The molecule has 1 aliphatic heterocycles. The van der Waals surface area contributed by atoms with Gasteiger partial charge in [-0.3, -0.25) is 0 Å². The number of ether oxygens (including phenoxy) is 2. The monoisotopic (exact) mass is 486 g/mol. The Morgan fingerprint density at radius 3 is 2.09 bits per heavy atom. The predicted octanol–water partition coefficient (Wildman–Crippen LogP) is 8.87. The molecule has 2 nitrogen and oxygen atoms in total. The molecule has 6 heteroatoms. The molecular formula is C29H30F4O2. The van der Waals surface area contributed by atoms with E-state index in [4.69, 9.17) is 4.74 Å². The highest BCUT2D eigenvalue weighted by Crippen LogP contribution is 2.37. The minimum Gasteiger partial charge on any atom is -0.429 e. The van der Waals surface area contributed by atoms with Crippen LogP contribution >= 0.6 is 0 Å². The first-order valence-electron chi connectivity index (χ1n) is 12.2. The molecule has 1 heterocycles. The third-order valence-electron chi connectivity index (χ3n) is 6.57. The molecule has 0 bridgehead atoms. The van der Waals surface area contributed by atoms with Gasteiger partial charge in [-0.05, 0) is 55.0 Å². The Kier molecular flexibility index (Phi) is 7.80. The van der Waals surface area contributed by atoms with Gasteiger partial charge in [-0.15, -0.1) is 0 Å². The van der Waals surface area contributed by atoms with Crippen molar-refractivity contribution in [1.29, 1.82) is 0 Å². The number of hydrogen-bond donors (Lipinski definition) is 0. The molecule has 3 aromatic carbocycles. The van der Waals surface area contributed by atoms with Gasteiger partial charge in [-0.25, -0.2) is 8.78 Å². The lowest BCUT2D eigenvalue weighted by Gasteiger charge is -2.19. The summed E-state index contributed by atoms with van der Waals surface area (Å²) in [5.41, 5.74) is 2.13. The zero-order valence-electron chi connectivity index (χ0n) is 20.0. The minimum atomic E-state index is -3.75. The van der Waals surface area contributed by atoms with Crippen molar-refractivity contribution < 1.29 is 27.0 Å². The van der Waals surface area contributed by atoms with E-state index in [1.807, 2.05) is 24.3 Å². The van der Waals surface area contributed by atoms with Crippen LogP contribution in [0.25, 0.3) is 11.1 Å². The van der Waals surface area contributed by atoms with Crippen LogP contribution < -0.4 is 4.74 Å². The van der Waals surface area contributed by atoms with Crippen LogP contribution in [0.3, 0.4) is 0 Å². The van der Waals surface area contributed by atoms with Crippen molar-refractivity contribution in [2.75, 3.05) is 0 Å². The summed E-state index contributed by atoms with van der Waals surface area (Å²) in [4.78, 5) is 0. The van der Waals surface area contributed by atoms with E-state index in [9.17, 15) is 17.6 Å². The number of halogens is 4. The maximum Gasteiger partial charge on any atom is 0.426 e. The van der Waals surface area contributed by atoms with Crippen LogP contribution in [0, 0.1) is 18.6 Å². The third-order valence-corrected chi connectivity index (χ3v) is 6.57. The Morgan fingerprint density at radius 1 is 0.886 bits per heavy atom. The normalized spacial score (nSPS) is 18.1. The van der Waals surface area contributed by atoms with Crippen LogP contribution in [0.5, 0.6) is 5.75 Å². The number of hydrogen-bond acceptors (Lipinski definition) is 2. The first-order chi connectivity index (χ1) is 16.8. The van der Waals surface area contributed by atoms with Crippen LogP contribution in [0.1, 0.15) is 68.2 Å². The van der Waals surface area contributed by atoms with E-state index >= 15 is 0 Å². The zero-order valence-corrected chi connectivity index (χ0v) is 20.0. The third kappa shape index (κ3) is 6.04. The van der Waals surface area contributed by atoms with Gasteiger partial charge in [-0.1, -0.05) is 62.6 Å². The predicted molar refractivity (Wildman–Crippen MR) is 128 cm³/mol. The molecule has 1 fully saturated rings. The second kappa shape index (κ2) is 10.8. The molecule has 35 heavy (non-hydrogen) atoms. The van der Waals surface area contributed by atoms with Crippen molar-refractivity contribution in [3.05, 3.63) is 89.0 Å². The summed E-state index contributed by atoms with van der Waals surface area (Å²) in [5, 5.41) is 0. The molecule has 186 valence electrons. The largest absolute Gasteiger partial charge is 0.429 e. The Bertz CT molecular complexity index is 1100. The van der Waals surface area contributed by atoms with Gasteiger partial charge in [0.15, 0.2) is 0 Å². The molecule has 1 saturated heterocycles. The summed E-state index contributed by atoms with van der Waals surface area (Å²) in [6.07, 6.45) is 3.52. The highest BCUT2D eigenvalue weighted by atomic mass is 19.3. The lowest BCUT2D eigenvalue weighted by atomic mass is 9.99. The molecule has 2 atom stereocenters. The summed E-state index contributed by atoms with van der Waals surface area (Å²) in [6.45, 7) is 3.42. The zero-order chi connectivity index (χ0) is 25.0. The van der Waals surface area contributed by atoms with Gasteiger partial charge in [0.2, 0.25) is 0 Å². The molecule has 2 unspecified atom stereocenters. The number of unbranched alkanes of at least 4 members (excludes halogenated alkanes) is 2. The Balaban J connectivity index is 1.40. The van der Waals surface area contributed by atoms with Crippen molar-refractivity contribution >= 4 is 0 Å². The molecule has 0 spiro atoms. The Hall–Kier alpha value is -2.86. The summed E-state index contributed by atoms with van der Waals surface area (Å²) >= 11 is 0. The average molecular weight is 487 g/mol. The van der Waals surface area contributed by atoms with Gasteiger partial charge in [0.25, 0.3) is 0 Å². The van der Waals surface area contributed by atoms with Crippen molar-refractivity contribution in [3.63, 3.8) is 0 Å². The molecule has 0 radical (unpaired) electrons. The second-order valence-corrected chi connectivity index (χ2v) is 9.15. The molecule has 0 amide bonds. The van der Waals surface area contributed by atoms with Gasteiger partial charge in [0.1, 0.15) is 17.4 Å². The Morgan fingerprint density at radius 2 is 1.49 bits per heavy atom. The maximum absolute atomic E-state index is 14.6. The summed E-state index contributed by atoms with van der Waals surface area (Å²) < 4.78 is 67.5. The van der Waals surface area contributed by atoms with Crippen LogP contribution in [0.2, 0.25) is 0 Å². The average Bonchev–Trinajstić information content (AvgIpc) is 3.32. The molecule has 3 aromatic rings. The standard InChI is InChI=1S/C29H30F4O2/c1-3-4-5-6-24-15-16-28(34-24)22-9-7-20(8-10-22)21-11-13-23(14-12-21)29(32,33)35-25-17-26(30)19(2)27(31)18-25/h7-14,17-18,24,28H,3-6,15-16H2,1-2H3. The summed E-state index contributed by atoms with van der Waals surface area (Å²) in [5.74, 6) is -2.45. The smallest absolute Gasteiger partial charge is 0.426 e. The van der Waals surface area contributed by atoms with E-state index < -0.39 is 29.1 Å². The molecule has 4 rings (SSSR count). The summed E-state index contributed by atoms with van der Waals surface area (Å²) in [7, 11) is 0.